The van der Waals surface area contributed by atoms with Gasteiger partial charge < -0.3 is 14.8 Å². The molecule has 0 fully saturated rings. The SMILES string of the molecule is CCOC1=CCc2c(Oc3ccc(NC(=O)c4ccc(Cl)c(Cl)c4)cn3)cccc21. The van der Waals surface area contributed by atoms with E-state index in [4.69, 9.17) is 32.7 Å². The summed E-state index contributed by atoms with van der Waals surface area (Å²) in [6, 6.07) is 14.0. The first-order chi connectivity index (χ1) is 14.5. The molecule has 7 heteroatoms. The molecule has 152 valence electrons. The zero-order chi connectivity index (χ0) is 21.1. The second kappa shape index (κ2) is 8.78. The van der Waals surface area contributed by atoms with E-state index < -0.39 is 0 Å². The molecule has 0 spiro atoms. The summed E-state index contributed by atoms with van der Waals surface area (Å²) in [6.07, 6.45) is 4.34. The third-order valence-electron chi connectivity index (χ3n) is 4.58. The predicted molar refractivity (Wildman–Crippen MR) is 118 cm³/mol. The first kappa shape index (κ1) is 20.3. The molecule has 3 aromatic rings. The van der Waals surface area contributed by atoms with E-state index in [-0.39, 0.29) is 5.91 Å². The highest BCUT2D eigenvalue weighted by Crippen LogP contribution is 2.36. The van der Waals surface area contributed by atoms with Crippen LogP contribution in [0.15, 0.2) is 60.8 Å². The van der Waals surface area contributed by atoms with Crippen LogP contribution >= 0.6 is 23.2 Å². The highest BCUT2D eigenvalue weighted by molar-refractivity contribution is 6.42. The molecule has 1 N–H and O–H groups in total. The van der Waals surface area contributed by atoms with E-state index in [1.807, 2.05) is 25.1 Å². The number of pyridine rings is 1. The van der Waals surface area contributed by atoms with Crippen LogP contribution in [0.3, 0.4) is 0 Å². The Bertz CT molecular complexity index is 1130. The Hall–Kier alpha value is -3.02. The molecule has 1 aromatic heterocycles. The molecule has 0 bridgehead atoms. The van der Waals surface area contributed by atoms with Crippen LogP contribution in [0.4, 0.5) is 5.69 Å². The number of halogens is 2. The number of aromatic nitrogens is 1. The average molecular weight is 441 g/mol. The van der Waals surface area contributed by atoms with Crippen molar-refractivity contribution >= 4 is 40.6 Å². The van der Waals surface area contributed by atoms with Gasteiger partial charge in [0.15, 0.2) is 0 Å². The van der Waals surface area contributed by atoms with Gasteiger partial charge in [-0.15, -0.1) is 0 Å². The number of carbonyl (C=O) groups excluding carboxylic acids is 1. The number of rotatable bonds is 6. The number of ether oxygens (including phenoxy) is 2. The summed E-state index contributed by atoms with van der Waals surface area (Å²) in [4.78, 5) is 16.7. The molecule has 0 saturated carbocycles. The number of benzene rings is 2. The lowest BCUT2D eigenvalue weighted by molar-refractivity contribution is 0.102. The number of fused-ring (bicyclic) bond motifs is 1. The molecule has 0 unspecified atom stereocenters. The highest BCUT2D eigenvalue weighted by atomic mass is 35.5. The van der Waals surface area contributed by atoms with Crippen molar-refractivity contribution in [3.63, 3.8) is 0 Å². The molecule has 0 saturated heterocycles. The average Bonchev–Trinajstić information content (AvgIpc) is 3.16. The second-order valence-corrected chi connectivity index (χ2v) is 7.37. The maximum atomic E-state index is 12.4. The Labute approximate surface area is 184 Å². The molecule has 2 aromatic carbocycles. The molecule has 5 nitrogen and oxygen atoms in total. The quantitative estimate of drug-likeness (QED) is 0.483. The van der Waals surface area contributed by atoms with E-state index in [1.165, 1.54) is 12.3 Å². The van der Waals surface area contributed by atoms with Crippen LogP contribution in [-0.4, -0.2) is 17.5 Å². The third-order valence-corrected chi connectivity index (χ3v) is 5.32. The van der Waals surface area contributed by atoms with Gasteiger partial charge in [0.25, 0.3) is 5.91 Å². The normalized spacial score (nSPS) is 12.2. The lowest BCUT2D eigenvalue weighted by atomic mass is 10.1. The second-order valence-electron chi connectivity index (χ2n) is 6.56. The maximum absolute atomic E-state index is 12.4. The van der Waals surface area contributed by atoms with Crippen LogP contribution in [0.25, 0.3) is 5.76 Å². The van der Waals surface area contributed by atoms with Crippen molar-refractivity contribution < 1.29 is 14.3 Å². The molecule has 1 aliphatic rings. The highest BCUT2D eigenvalue weighted by Gasteiger charge is 2.19. The summed E-state index contributed by atoms with van der Waals surface area (Å²) >= 11 is 11.9. The molecule has 0 atom stereocenters. The summed E-state index contributed by atoms with van der Waals surface area (Å²) in [5.41, 5.74) is 3.05. The molecule has 1 aliphatic carbocycles. The Morgan fingerprint density at radius 1 is 1.13 bits per heavy atom. The number of hydrogen-bond acceptors (Lipinski definition) is 4. The number of nitrogens with one attached hydrogen (secondary N) is 1. The van der Waals surface area contributed by atoms with Crippen molar-refractivity contribution in [1.29, 1.82) is 0 Å². The fourth-order valence-corrected chi connectivity index (χ4v) is 3.47. The Balaban J connectivity index is 1.45. The minimum absolute atomic E-state index is 0.306. The lowest BCUT2D eigenvalue weighted by Crippen LogP contribution is -2.12. The fourth-order valence-electron chi connectivity index (χ4n) is 3.17. The number of carbonyl (C=O) groups is 1. The van der Waals surface area contributed by atoms with Crippen molar-refractivity contribution in [3.05, 3.63) is 87.5 Å². The maximum Gasteiger partial charge on any atom is 0.255 e. The summed E-state index contributed by atoms with van der Waals surface area (Å²) < 4.78 is 11.6. The molecule has 0 aliphatic heterocycles. The molecular weight excluding hydrogens is 423 g/mol. The van der Waals surface area contributed by atoms with Crippen LogP contribution in [0, 0.1) is 0 Å². The number of amides is 1. The first-order valence-corrected chi connectivity index (χ1v) is 10.2. The van der Waals surface area contributed by atoms with Gasteiger partial charge in [-0.05, 0) is 49.8 Å². The largest absolute Gasteiger partial charge is 0.494 e. The van der Waals surface area contributed by atoms with Crippen molar-refractivity contribution in [2.45, 2.75) is 13.3 Å². The monoisotopic (exact) mass is 440 g/mol. The fraction of sp³-hybridized carbons (Fsp3) is 0.130. The summed E-state index contributed by atoms with van der Waals surface area (Å²) in [5.74, 6) is 1.74. The Morgan fingerprint density at radius 2 is 2.00 bits per heavy atom. The van der Waals surface area contributed by atoms with Gasteiger partial charge in [-0.1, -0.05) is 35.3 Å². The number of nitrogens with zero attached hydrogens (tertiary/aromatic N) is 1. The van der Waals surface area contributed by atoms with Crippen LogP contribution in [0.5, 0.6) is 11.6 Å². The van der Waals surface area contributed by atoms with Gasteiger partial charge in [-0.3, -0.25) is 4.79 Å². The van der Waals surface area contributed by atoms with Gasteiger partial charge in [0.2, 0.25) is 5.88 Å². The molecule has 1 heterocycles. The number of anilines is 1. The molecule has 0 radical (unpaired) electrons. The molecular formula is C23H18Cl2N2O3. The zero-order valence-corrected chi connectivity index (χ0v) is 17.6. The van der Waals surface area contributed by atoms with Gasteiger partial charge in [0, 0.05) is 22.8 Å². The van der Waals surface area contributed by atoms with Gasteiger partial charge in [0.05, 0.1) is 28.5 Å². The van der Waals surface area contributed by atoms with Crippen molar-refractivity contribution in [2.24, 2.45) is 0 Å². The van der Waals surface area contributed by atoms with Gasteiger partial charge in [0.1, 0.15) is 11.5 Å². The van der Waals surface area contributed by atoms with Gasteiger partial charge >= 0.3 is 0 Å². The minimum Gasteiger partial charge on any atom is -0.494 e. The third kappa shape index (κ3) is 4.27. The Morgan fingerprint density at radius 3 is 2.73 bits per heavy atom. The van der Waals surface area contributed by atoms with Gasteiger partial charge in [-0.25, -0.2) is 4.98 Å². The molecule has 4 rings (SSSR count). The zero-order valence-electron chi connectivity index (χ0n) is 16.1. The molecule has 30 heavy (non-hydrogen) atoms. The topological polar surface area (TPSA) is 60.5 Å². The van der Waals surface area contributed by atoms with Crippen molar-refractivity contribution in [3.8, 4) is 11.6 Å². The van der Waals surface area contributed by atoms with Gasteiger partial charge in [-0.2, -0.15) is 0 Å². The summed E-state index contributed by atoms with van der Waals surface area (Å²) in [6.45, 7) is 2.58. The Kier molecular flexibility index (Phi) is 5.93. The minimum atomic E-state index is -0.306. The summed E-state index contributed by atoms with van der Waals surface area (Å²) in [5, 5.41) is 3.49. The van der Waals surface area contributed by atoms with Crippen LogP contribution in [-0.2, 0) is 11.2 Å². The van der Waals surface area contributed by atoms with E-state index in [9.17, 15) is 4.79 Å². The standard InChI is InChI=1S/C23H18Cl2N2O3/c1-2-29-20-10-8-17-16(20)4-3-5-21(17)30-22-11-7-15(13-26-22)27-23(28)14-6-9-18(24)19(25)12-14/h3-7,9-13H,2,8H2,1H3,(H,27,28). The van der Waals surface area contributed by atoms with Crippen LogP contribution < -0.4 is 10.1 Å². The van der Waals surface area contributed by atoms with E-state index >= 15 is 0 Å². The van der Waals surface area contributed by atoms with Crippen LogP contribution in [0.1, 0.15) is 28.4 Å². The first-order valence-electron chi connectivity index (χ1n) is 9.40. The van der Waals surface area contributed by atoms with Crippen molar-refractivity contribution in [2.75, 3.05) is 11.9 Å². The lowest BCUT2D eigenvalue weighted by Gasteiger charge is -2.12. The number of hydrogen-bond donors (Lipinski definition) is 1. The van der Waals surface area contributed by atoms with E-state index in [0.717, 1.165) is 29.1 Å². The van der Waals surface area contributed by atoms with Crippen molar-refractivity contribution in [1.82, 2.24) is 4.98 Å². The van der Waals surface area contributed by atoms with E-state index in [0.29, 0.717) is 33.8 Å². The smallest absolute Gasteiger partial charge is 0.255 e. The van der Waals surface area contributed by atoms with E-state index in [1.54, 1.807) is 24.3 Å². The predicted octanol–water partition coefficient (Wildman–Crippen LogP) is 6.37. The number of allylic oxidation sites excluding steroid dienone is 1. The van der Waals surface area contributed by atoms with E-state index in [2.05, 4.69) is 16.4 Å². The molecule has 1 amide bonds. The van der Waals surface area contributed by atoms with Crippen LogP contribution in [0.2, 0.25) is 10.0 Å². The summed E-state index contributed by atoms with van der Waals surface area (Å²) in [7, 11) is 0.